The van der Waals surface area contributed by atoms with Crippen LogP contribution in [0.2, 0.25) is 0 Å². The first-order valence-corrected chi connectivity index (χ1v) is 6.37. The Kier molecular flexibility index (Phi) is 5.40. The zero-order valence-electron chi connectivity index (χ0n) is 11.8. The molecule has 7 heteroatoms. The molecule has 114 valence electrons. The number of carboxylic acids is 1. The zero-order valence-corrected chi connectivity index (χ0v) is 11.8. The highest BCUT2D eigenvalue weighted by atomic mass is 19.1. The van der Waals surface area contributed by atoms with Crippen molar-refractivity contribution in [1.82, 2.24) is 10.6 Å². The highest BCUT2D eigenvalue weighted by Crippen LogP contribution is 2.09. The topological polar surface area (TPSA) is 95.5 Å². The third-order valence-electron chi connectivity index (χ3n) is 3.12. The molecule has 21 heavy (non-hydrogen) atoms. The first-order valence-electron chi connectivity index (χ1n) is 6.37. The molecule has 0 heterocycles. The molecule has 1 atom stereocenters. The van der Waals surface area contributed by atoms with Gasteiger partial charge in [0, 0.05) is 0 Å². The standard InChI is InChI=1S/C14H17FN2O4/c1-3-14(2,13(20)21)17-11(18)8-16-12(19)9-6-4-5-7-10(9)15/h4-7H,3,8H2,1-2H3,(H,16,19)(H,17,18)(H,20,21). The number of carboxylic acid groups (broad SMARTS) is 1. The summed E-state index contributed by atoms with van der Waals surface area (Å²) in [6.07, 6.45) is 0.190. The van der Waals surface area contributed by atoms with Crippen molar-refractivity contribution in [2.75, 3.05) is 6.54 Å². The van der Waals surface area contributed by atoms with Gasteiger partial charge in [0.25, 0.3) is 5.91 Å². The van der Waals surface area contributed by atoms with E-state index < -0.39 is 35.7 Å². The zero-order chi connectivity index (χ0) is 16.0. The van der Waals surface area contributed by atoms with Crippen LogP contribution >= 0.6 is 0 Å². The number of carbonyl (C=O) groups excluding carboxylic acids is 2. The minimum atomic E-state index is -1.40. The predicted molar refractivity (Wildman–Crippen MR) is 73.2 cm³/mol. The van der Waals surface area contributed by atoms with Gasteiger partial charge in [-0.15, -0.1) is 0 Å². The summed E-state index contributed by atoms with van der Waals surface area (Å²) in [4.78, 5) is 34.4. The summed E-state index contributed by atoms with van der Waals surface area (Å²) in [6, 6.07) is 5.36. The number of aliphatic carboxylic acids is 1. The molecule has 1 unspecified atom stereocenters. The Morgan fingerprint density at radius 1 is 1.29 bits per heavy atom. The van der Waals surface area contributed by atoms with Crippen LogP contribution in [-0.4, -0.2) is 35.0 Å². The van der Waals surface area contributed by atoms with Crippen LogP contribution in [0.3, 0.4) is 0 Å². The monoisotopic (exact) mass is 296 g/mol. The molecule has 0 saturated carbocycles. The molecule has 0 bridgehead atoms. The minimum Gasteiger partial charge on any atom is -0.480 e. The average molecular weight is 296 g/mol. The molecule has 0 saturated heterocycles. The Hall–Kier alpha value is -2.44. The Morgan fingerprint density at radius 2 is 1.90 bits per heavy atom. The minimum absolute atomic E-state index is 0.179. The molecular formula is C14H17FN2O4. The molecule has 0 fully saturated rings. The second kappa shape index (κ2) is 6.83. The second-order valence-electron chi connectivity index (χ2n) is 4.70. The number of nitrogens with one attached hydrogen (secondary N) is 2. The Labute approximate surface area is 121 Å². The largest absolute Gasteiger partial charge is 0.480 e. The van der Waals surface area contributed by atoms with E-state index in [1.807, 2.05) is 0 Å². The van der Waals surface area contributed by atoms with Gasteiger partial charge in [0.2, 0.25) is 5.91 Å². The maximum atomic E-state index is 13.4. The van der Waals surface area contributed by atoms with Crippen LogP contribution in [0, 0.1) is 5.82 Å². The molecule has 0 aliphatic carbocycles. The van der Waals surface area contributed by atoms with Crippen LogP contribution in [-0.2, 0) is 9.59 Å². The normalized spacial score (nSPS) is 13.1. The fourth-order valence-electron chi connectivity index (χ4n) is 1.55. The van der Waals surface area contributed by atoms with E-state index in [9.17, 15) is 18.8 Å². The van der Waals surface area contributed by atoms with E-state index in [-0.39, 0.29) is 12.0 Å². The molecule has 3 N–H and O–H groups in total. The third-order valence-corrected chi connectivity index (χ3v) is 3.12. The van der Waals surface area contributed by atoms with Crippen molar-refractivity contribution in [1.29, 1.82) is 0 Å². The summed E-state index contributed by atoms with van der Waals surface area (Å²) in [5, 5.41) is 13.6. The summed E-state index contributed by atoms with van der Waals surface area (Å²) < 4.78 is 13.4. The Bertz CT molecular complexity index is 562. The summed E-state index contributed by atoms with van der Waals surface area (Å²) in [6.45, 7) is 2.55. The maximum absolute atomic E-state index is 13.4. The highest BCUT2D eigenvalue weighted by molar-refractivity contribution is 5.97. The van der Waals surface area contributed by atoms with Crippen LogP contribution in [0.5, 0.6) is 0 Å². The van der Waals surface area contributed by atoms with Gasteiger partial charge in [0.05, 0.1) is 12.1 Å². The SMILES string of the molecule is CCC(C)(NC(=O)CNC(=O)c1ccccc1F)C(=O)O. The van der Waals surface area contributed by atoms with E-state index in [1.165, 1.54) is 25.1 Å². The summed E-state index contributed by atoms with van der Waals surface area (Å²) >= 11 is 0. The molecule has 0 aliphatic heterocycles. The van der Waals surface area contributed by atoms with Gasteiger partial charge in [-0.2, -0.15) is 0 Å². The fraction of sp³-hybridized carbons (Fsp3) is 0.357. The molecular weight excluding hydrogens is 279 g/mol. The number of rotatable bonds is 6. The van der Waals surface area contributed by atoms with E-state index in [0.29, 0.717) is 0 Å². The van der Waals surface area contributed by atoms with Crippen LogP contribution < -0.4 is 10.6 Å². The van der Waals surface area contributed by atoms with E-state index in [2.05, 4.69) is 10.6 Å². The second-order valence-corrected chi connectivity index (χ2v) is 4.70. The van der Waals surface area contributed by atoms with Crippen LogP contribution in [0.15, 0.2) is 24.3 Å². The van der Waals surface area contributed by atoms with Gasteiger partial charge in [-0.25, -0.2) is 9.18 Å². The summed E-state index contributed by atoms with van der Waals surface area (Å²) in [5.41, 5.74) is -1.58. The van der Waals surface area contributed by atoms with Gasteiger partial charge < -0.3 is 15.7 Å². The molecule has 1 rings (SSSR count). The molecule has 0 radical (unpaired) electrons. The first kappa shape index (κ1) is 16.6. The fourth-order valence-corrected chi connectivity index (χ4v) is 1.55. The number of carbonyl (C=O) groups is 3. The molecule has 2 amide bonds. The molecule has 0 aromatic heterocycles. The van der Waals surface area contributed by atoms with Crippen molar-refractivity contribution in [2.24, 2.45) is 0 Å². The van der Waals surface area contributed by atoms with Crippen molar-refractivity contribution < 1.29 is 23.9 Å². The van der Waals surface area contributed by atoms with Gasteiger partial charge >= 0.3 is 5.97 Å². The van der Waals surface area contributed by atoms with Crippen molar-refractivity contribution >= 4 is 17.8 Å². The predicted octanol–water partition coefficient (Wildman–Crippen LogP) is 0.925. The third kappa shape index (κ3) is 4.27. The van der Waals surface area contributed by atoms with E-state index in [4.69, 9.17) is 5.11 Å². The molecule has 1 aromatic rings. The van der Waals surface area contributed by atoms with Gasteiger partial charge in [-0.1, -0.05) is 19.1 Å². The van der Waals surface area contributed by atoms with Gasteiger partial charge in [0.15, 0.2) is 0 Å². The van der Waals surface area contributed by atoms with Crippen LogP contribution in [0.25, 0.3) is 0 Å². The number of amides is 2. The number of hydrogen-bond donors (Lipinski definition) is 3. The quantitative estimate of drug-likeness (QED) is 0.727. The number of hydrogen-bond acceptors (Lipinski definition) is 3. The Balaban J connectivity index is 2.60. The molecule has 0 aliphatic rings. The van der Waals surface area contributed by atoms with Gasteiger partial charge in [-0.05, 0) is 25.5 Å². The van der Waals surface area contributed by atoms with Crippen molar-refractivity contribution in [3.63, 3.8) is 0 Å². The van der Waals surface area contributed by atoms with Crippen molar-refractivity contribution in [2.45, 2.75) is 25.8 Å². The lowest BCUT2D eigenvalue weighted by molar-refractivity contribution is -0.146. The molecule has 1 aromatic carbocycles. The van der Waals surface area contributed by atoms with Crippen LogP contribution in [0.1, 0.15) is 30.6 Å². The van der Waals surface area contributed by atoms with Gasteiger partial charge in [0.1, 0.15) is 11.4 Å². The lowest BCUT2D eigenvalue weighted by Gasteiger charge is -2.24. The smallest absolute Gasteiger partial charge is 0.329 e. The molecule has 0 spiro atoms. The van der Waals surface area contributed by atoms with E-state index >= 15 is 0 Å². The number of halogens is 1. The van der Waals surface area contributed by atoms with E-state index in [1.54, 1.807) is 6.92 Å². The van der Waals surface area contributed by atoms with E-state index in [0.717, 1.165) is 6.07 Å². The first-order chi connectivity index (χ1) is 9.80. The van der Waals surface area contributed by atoms with Crippen LogP contribution in [0.4, 0.5) is 4.39 Å². The lowest BCUT2D eigenvalue weighted by Crippen LogP contribution is -2.54. The van der Waals surface area contributed by atoms with Crippen molar-refractivity contribution in [3.8, 4) is 0 Å². The summed E-state index contributed by atoms with van der Waals surface area (Å²) in [7, 11) is 0. The average Bonchev–Trinajstić information content (AvgIpc) is 2.44. The summed E-state index contributed by atoms with van der Waals surface area (Å²) in [5.74, 6) is -3.26. The van der Waals surface area contributed by atoms with Gasteiger partial charge in [-0.3, -0.25) is 9.59 Å². The molecule has 6 nitrogen and oxygen atoms in total. The highest BCUT2D eigenvalue weighted by Gasteiger charge is 2.32. The number of benzene rings is 1. The lowest BCUT2D eigenvalue weighted by atomic mass is 9.99. The maximum Gasteiger partial charge on any atom is 0.329 e. The van der Waals surface area contributed by atoms with Crippen molar-refractivity contribution in [3.05, 3.63) is 35.6 Å². The Morgan fingerprint density at radius 3 is 2.43 bits per heavy atom.